The number of carbonyl (C=O) groups excluding carboxylic acids is 1. The lowest BCUT2D eigenvalue weighted by Crippen LogP contribution is -2.37. The van der Waals surface area contributed by atoms with Crippen molar-refractivity contribution in [1.82, 2.24) is 9.88 Å². The number of rotatable bonds is 4. The zero-order chi connectivity index (χ0) is 17.9. The van der Waals surface area contributed by atoms with Crippen LogP contribution in [0.15, 0.2) is 48.5 Å². The normalized spacial score (nSPS) is 15.3. The zero-order valence-electron chi connectivity index (χ0n) is 14.9. The number of benzene rings is 2. The highest BCUT2D eigenvalue weighted by molar-refractivity contribution is 7.18. The van der Waals surface area contributed by atoms with Gasteiger partial charge in [-0.25, -0.2) is 4.98 Å². The highest BCUT2D eigenvalue weighted by Crippen LogP contribution is 2.34. The van der Waals surface area contributed by atoms with Gasteiger partial charge in [0, 0.05) is 24.6 Å². The molecule has 5 heteroatoms. The molecule has 1 fully saturated rings. The van der Waals surface area contributed by atoms with Crippen LogP contribution in [0, 0.1) is 0 Å². The summed E-state index contributed by atoms with van der Waals surface area (Å²) in [5.41, 5.74) is 1.79. The van der Waals surface area contributed by atoms with Crippen LogP contribution in [0.3, 0.4) is 0 Å². The lowest BCUT2D eigenvalue weighted by molar-refractivity contribution is 0.0712. The summed E-state index contributed by atoms with van der Waals surface area (Å²) in [6.45, 7) is 4.10. The molecule has 0 aliphatic carbocycles. The number of amides is 1. The summed E-state index contributed by atoms with van der Waals surface area (Å²) in [5, 5.41) is 1.21. The van der Waals surface area contributed by atoms with Crippen molar-refractivity contribution in [1.29, 1.82) is 0 Å². The minimum atomic E-state index is 0.0919. The monoisotopic (exact) mass is 366 g/mol. The molecular weight excluding hydrogens is 344 g/mol. The predicted molar refractivity (Wildman–Crippen MR) is 105 cm³/mol. The van der Waals surface area contributed by atoms with Gasteiger partial charge in [0.1, 0.15) is 5.75 Å². The first-order valence-electron chi connectivity index (χ1n) is 9.12. The lowest BCUT2D eigenvalue weighted by Gasteiger charge is -2.31. The van der Waals surface area contributed by atoms with Gasteiger partial charge < -0.3 is 9.64 Å². The van der Waals surface area contributed by atoms with E-state index in [0.29, 0.717) is 18.1 Å². The van der Waals surface area contributed by atoms with E-state index in [1.807, 2.05) is 42.2 Å². The van der Waals surface area contributed by atoms with Gasteiger partial charge in [0.2, 0.25) is 0 Å². The van der Waals surface area contributed by atoms with E-state index < -0.39 is 0 Å². The number of carbonyl (C=O) groups is 1. The van der Waals surface area contributed by atoms with Gasteiger partial charge in [-0.15, -0.1) is 11.3 Å². The summed E-state index contributed by atoms with van der Waals surface area (Å²) in [6.07, 6.45) is 1.94. The van der Waals surface area contributed by atoms with Crippen LogP contribution in [-0.2, 0) is 0 Å². The molecule has 2 aromatic carbocycles. The van der Waals surface area contributed by atoms with Gasteiger partial charge in [-0.05, 0) is 50.1 Å². The van der Waals surface area contributed by atoms with Crippen LogP contribution < -0.4 is 4.74 Å². The average Bonchev–Trinajstić information content (AvgIpc) is 3.12. The molecule has 1 amide bonds. The van der Waals surface area contributed by atoms with Crippen LogP contribution >= 0.6 is 11.3 Å². The standard InChI is InChI=1S/C21H22N2O2S/c1-2-25-17-7-5-6-16(14-17)21(24)23-12-10-15(11-13-23)20-22-18-8-3-4-9-19(18)26-20/h3-9,14-15H,2,10-13H2,1H3. The molecule has 26 heavy (non-hydrogen) atoms. The molecule has 2 heterocycles. The highest BCUT2D eigenvalue weighted by atomic mass is 32.1. The number of aromatic nitrogens is 1. The van der Waals surface area contributed by atoms with Crippen molar-refractivity contribution >= 4 is 27.5 Å². The highest BCUT2D eigenvalue weighted by Gasteiger charge is 2.26. The summed E-state index contributed by atoms with van der Waals surface area (Å²) in [4.78, 5) is 19.5. The van der Waals surface area contributed by atoms with Crippen molar-refractivity contribution in [3.63, 3.8) is 0 Å². The Morgan fingerprint density at radius 3 is 2.77 bits per heavy atom. The molecule has 1 saturated heterocycles. The van der Waals surface area contributed by atoms with Crippen molar-refractivity contribution in [3.8, 4) is 5.75 Å². The maximum absolute atomic E-state index is 12.8. The number of nitrogens with zero attached hydrogens (tertiary/aromatic N) is 2. The second-order valence-corrected chi connectivity index (χ2v) is 7.61. The van der Waals surface area contributed by atoms with E-state index >= 15 is 0 Å². The van der Waals surface area contributed by atoms with Crippen LogP contribution in [-0.4, -0.2) is 35.5 Å². The summed E-state index contributed by atoms with van der Waals surface area (Å²) in [7, 11) is 0. The third-order valence-electron chi connectivity index (χ3n) is 4.83. The summed E-state index contributed by atoms with van der Waals surface area (Å²) >= 11 is 1.79. The number of ether oxygens (including phenoxy) is 1. The third kappa shape index (κ3) is 3.44. The fourth-order valence-corrected chi connectivity index (χ4v) is 4.60. The molecule has 0 radical (unpaired) electrons. The molecule has 0 atom stereocenters. The van der Waals surface area contributed by atoms with Crippen molar-refractivity contribution in [2.75, 3.05) is 19.7 Å². The maximum atomic E-state index is 12.8. The number of hydrogen-bond donors (Lipinski definition) is 0. The molecule has 4 rings (SSSR count). The maximum Gasteiger partial charge on any atom is 0.253 e. The van der Waals surface area contributed by atoms with Gasteiger partial charge in [0.05, 0.1) is 21.8 Å². The Morgan fingerprint density at radius 1 is 1.19 bits per heavy atom. The summed E-state index contributed by atoms with van der Waals surface area (Å²) < 4.78 is 6.75. The Labute approximate surface area is 157 Å². The zero-order valence-corrected chi connectivity index (χ0v) is 15.7. The lowest BCUT2D eigenvalue weighted by atomic mass is 9.97. The Morgan fingerprint density at radius 2 is 2.00 bits per heavy atom. The Hall–Kier alpha value is -2.40. The van der Waals surface area contributed by atoms with Crippen molar-refractivity contribution in [3.05, 3.63) is 59.1 Å². The molecule has 3 aromatic rings. The van der Waals surface area contributed by atoms with E-state index in [9.17, 15) is 4.79 Å². The Kier molecular flexibility index (Phi) is 4.89. The molecule has 0 bridgehead atoms. The van der Waals surface area contributed by atoms with Crippen LogP contribution in [0.25, 0.3) is 10.2 Å². The van der Waals surface area contributed by atoms with Crippen molar-refractivity contribution in [2.45, 2.75) is 25.7 Å². The molecule has 0 saturated carbocycles. The number of piperidine rings is 1. The van der Waals surface area contributed by atoms with E-state index in [2.05, 4.69) is 18.2 Å². The molecule has 1 aliphatic heterocycles. The fourth-order valence-electron chi connectivity index (χ4n) is 3.46. The third-order valence-corrected chi connectivity index (χ3v) is 6.03. The van der Waals surface area contributed by atoms with Crippen LogP contribution in [0.2, 0.25) is 0 Å². The minimum absolute atomic E-state index is 0.0919. The minimum Gasteiger partial charge on any atom is -0.494 e. The van der Waals surface area contributed by atoms with Gasteiger partial charge >= 0.3 is 0 Å². The second kappa shape index (κ2) is 7.46. The van der Waals surface area contributed by atoms with Crippen LogP contribution in [0.1, 0.15) is 41.0 Å². The van der Waals surface area contributed by atoms with Crippen LogP contribution in [0.4, 0.5) is 0 Å². The van der Waals surface area contributed by atoms with Crippen LogP contribution in [0.5, 0.6) is 5.75 Å². The van der Waals surface area contributed by atoms with Gasteiger partial charge in [-0.3, -0.25) is 4.79 Å². The average molecular weight is 366 g/mol. The number of hydrogen-bond acceptors (Lipinski definition) is 4. The summed E-state index contributed by atoms with van der Waals surface area (Å²) in [5.74, 6) is 1.29. The molecule has 134 valence electrons. The Balaban J connectivity index is 1.43. The molecular formula is C21H22N2O2S. The number of likely N-dealkylation sites (tertiary alicyclic amines) is 1. The molecule has 1 aromatic heterocycles. The SMILES string of the molecule is CCOc1cccc(C(=O)N2CCC(c3nc4ccccc4s3)CC2)c1. The Bertz CT molecular complexity index is 880. The second-order valence-electron chi connectivity index (χ2n) is 6.55. The summed E-state index contributed by atoms with van der Waals surface area (Å²) in [6, 6.07) is 15.8. The number of fused-ring (bicyclic) bond motifs is 1. The number of thiazole rings is 1. The molecule has 0 N–H and O–H groups in total. The van der Waals surface area contributed by atoms with E-state index in [4.69, 9.17) is 9.72 Å². The molecule has 1 aliphatic rings. The first-order chi connectivity index (χ1) is 12.7. The van der Waals surface area contributed by atoms with E-state index in [-0.39, 0.29) is 5.91 Å². The van der Waals surface area contributed by atoms with E-state index in [1.165, 1.54) is 9.71 Å². The van der Waals surface area contributed by atoms with E-state index in [0.717, 1.165) is 37.2 Å². The quantitative estimate of drug-likeness (QED) is 0.671. The van der Waals surface area contributed by atoms with E-state index in [1.54, 1.807) is 11.3 Å². The first kappa shape index (κ1) is 17.0. The van der Waals surface area contributed by atoms with Gasteiger partial charge in [-0.1, -0.05) is 18.2 Å². The molecule has 0 spiro atoms. The van der Waals surface area contributed by atoms with Crippen molar-refractivity contribution in [2.24, 2.45) is 0 Å². The predicted octanol–water partition coefficient (Wildman–Crippen LogP) is 4.71. The van der Waals surface area contributed by atoms with Crippen molar-refractivity contribution < 1.29 is 9.53 Å². The smallest absolute Gasteiger partial charge is 0.253 e. The number of para-hydroxylation sites is 1. The molecule has 0 unspecified atom stereocenters. The van der Waals surface area contributed by atoms with Gasteiger partial charge in [0.15, 0.2) is 0 Å². The topological polar surface area (TPSA) is 42.4 Å². The van der Waals surface area contributed by atoms with Gasteiger partial charge in [-0.2, -0.15) is 0 Å². The fraction of sp³-hybridized carbons (Fsp3) is 0.333. The van der Waals surface area contributed by atoms with Gasteiger partial charge in [0.25, 0.3) is 5.91 Å². The largest absolute Gasteiger partial charge is 0.494 e. The first-order valence-corrected chi connectivity index (χ1v) is 9.94. The molecule has 4 nitrogen and oxygen atoms in total.